The number of nitrogens with one attached hydrogen (secondary N) is 2. The van der Waals surface area contributed by atoms with Crippen LogP contribution in [0.5, 0.6) is 11.5 Å². The fraction of sp³-hybridized carbons (Fsp3) is 0.238. The van der Waals surface area contributed by atoms with Gasteiger partial charge in [-0.05, 0) is 56.2 Å². The van der Waals surface area contributed by atoms with Crippen molar-refractivity contribution in [1.29, 1.82) is 0 Å². The van der Waals surface area contributed by atoms with Gasteiger partial charge >= 0.3 is 7.05 Å². The first-order valence-electron chi connectivity index (χ1n) is 9.76. The summed E-state index contributed by atoms with van der Waals surface area (Å²) in [7, 11) is -0.418. The van der Waals surface area contributed by atoms with Crippen molar-refractivity contribution in [3.63, 3.8) is 0 Å². The van der Waals surface area contributed by atoms with E-state index in [2.05, 4.69) is 20.6 Å². The minimum absolute atomic E-state index is 0.266. The smallest absolute Gasteiger partial charge is 0.376 e. The summed E-state index contributed by atoms with van der Waals surface area (Å²) in [5.41, 5.74) is 0.913. The van der Waals surface area contributed by atoms with Crippen LogP contribution in [-0.4, -0.2) is 46.0 Å². The third-order valence-electron chi connectivity index (χ3n) is 4.87. The van der Waals surface area contributed by atoms with E-state index in [1.165, 1.54) is 0 Å². The molecule has 8 heteroatoms. The lowest BCUT2D eigenvalue weighted by Crippen LogP contribution is -2.36. The van der Waals surface area contributed by atoms with Crippen molar-refractivity contribution in [2.75, 3.05) is 23.7 Å². The molecule has 0 aliphatic carbocycles. The van der Waals surface area contributed by atoms with Gasteiger partial charge in [-0.25, -0.2) is 9.97 Å². The summed E-state index contributed by atoms with van der Waals surface area (Å²) in [6.45, 7) is 3.47. The van der Waals surface area contributed by atoms with Gasteiger partial charge in [0.2, 0.25) is 0 Å². The second-order valence-corrected chi connectivity index (χ2v) is 7.11. The Morgan fingerprint density at radius 1 is 1.03 bits per heavy atom. The third kappa shape index (κ3) is 5.25. The lowest BCUT2D eigenvalue weighted by atomic mass is 9.86. The molecule has 1 saturated heterocycles. The Kier molecular flexibility index (Phi) is 5.93. The van der Waals surface area contributed by atoms with Crippen molar-refractivity contribution in [2.45, 2.75) is 19.3 Å². The molecule has 4 rings (SSSR count). The number of para-hydroxylation sites is 1. The van der Waals surface area contributed by atoms with Crippen LogP contribution in [-0.2, 0) is 0 Å². The van der Waals surface area contributed by atoms with Gasteiger partial charge in [0.25, 0.3) is 0 Å². The number of benzene rings is 2. The van der Waals surface area contributed by atoms with Crippen molar-refractivity contribution >= 4 is 24.4 Å². The van der Waals surface area contributed by atoms with Gasteiger partial charge in [0.15, 0.2) is 0 Å². The molecule has 3 aromatic rings. The summed E-state index contributed by atoms with van der Waals surface area (Å²) in [4.78, 5) is 10.6. The summed E-state index contributed by atoms with van der Waals surface area (Å²) in [5.74, 6) is 3.06. The molecular formula is C21H24BN5O2. The fourth-order valence-corrected chi connectivity index (χ4v) is 3.34. The summed E-state index contributed by atoms with van der Waals surface area (Å²) >= 11 is 0. The van der Waals surface area contributed by atoms with E-state index in [9.17, 15) is 5.02 Å². The molecule has 148 valence electrons. The first kappa shape index (κ1) is 19.2. The molecule has 3 N–H and O–H groups in total. The van der Waals surface area contributed by atoms with Gasteiger partial charge in [0.1, 0.15) is 29.5 Å². The van der Waals surface area contributed by atoms with E-state index >= 15 is 0 Å². The zero-order valence-corrected chi connectivity index (χ0v) is 16.3. The first-order valence-corrected chi connectivity index (χ1v) is 9.76. The third-order valence-corrected chi connectivity index (χ3v) is 4.87. The number of hydrogen-bond acceptors (Lipinski definition) is 7. The molecule has 1 atom stereocenters. The van der Waals surface area contributed by atoms with Gasteiger partial charge < -0.3 is 25.2 Å². The highest BCUT2D eigenvalue weighted by Gasteiger charge is 2.27. The van der Waals surface area contributed by atoms with E-state index in [0.29, 0.717) is 5.82 Å². The maximum atomic E-state index is 9.70. The molecule has 0 spiro atoms. The van der Waals surface area contributed by atoms with Gasteiger partial charge in [0, 0.05) is 24.3 Å². The number of nitrogens with zero attached hydrogens (tertiary/aromatic N) is 3. The highest BCUT2D eigenvalue weighted by Crippen LogP contribution is 2.24. The Bertz CT molecular complexity index is 924. The van der Waals surface area contributed by atoms with Crippen LogP contribution >= 0.6 is 0 Å². The Balaban J connectivity index is 1.35. The van der Waals surface area contributed by atoms with E-state index in [1.54, 1.807) is 13.2 Å². The monoisotopic (exact) mass is 389 g/mol. The summed E-state index contributed by atoms with van der Waals surface area (Å²) in [5, 5.41) is 16.4. The van der Waals surface area contributed by atoms with Crippen LogP contribution in [0.2, 0.25) is 6.82 Å². The predicted octanol–water partition coefficient (Wildman–Crippen LogP) is 3.61. The first-order chi connectivity index (χ1) is 14.2. The Morgan fingerprint density at radius 3 is 2.48 bits per heavy atom. The molecule has 0 radical (unpaired) electrons. The number of rotatable bonds is 7. The molecular weight excluding hydrogens is 365 g/mol. The molecule has 1 unspecified atom stereocenters. The molecule has 1 aromatic heterocycles. The van der Waals surface area contributed by atoms with E-state index in [0.717, 1.165) is 42.5 Å². The van der Waals surface area contributed by atoms with Crippen LogP contribution in [0.1, 0.15) is 6.42 Å². The van der Waals surface area contributed by atoms with Crippen molar-refractivity contribution in [2.24, 2.45) is 0 Å². The quantitative estimate of drug-likeness (QED) is 0.533. The largest absolute Gasteiger partial charge is 0.457 e. The summed E-state index contributed by atoms with van der Waals surface area (Å²) < 4.78 is 5.82. The molecule has 2 heterocycles. The number of hydrogen-bond donors (Lipinski definition) is 3. The van der Waals surface area contributed by atoms with Crippen molar-refractivity contribution in [3.8, 4) is 11.5 Å². The van der Waals surface area contributed by atoms with Gasteiger partial charge in [-0.2, -0.15) is 0 Å². The van der Waals surface area contributed by atoms with Gasteiger partial charge in [-0.15, -0.1) is 0 Å². The molecule has 1 aliphatic heterocycles. The summed E-state index contributed by atoms with van der Waals surface area (Å²) in [6.07, 6.45) is 2.51. The lowest BCUT2D eigenvalue weighted by molar-refractivity contribution is 0.422. The maximum absolute atomic E-state index is 9.70. The minimum atomic E-state index is -0.418. The maximum Gasteiger partial charge on any atom is 0.376 e. The van der Waals surface area contributed by atoms with E-state index < -0.39 is 7.05 Å². The van der Waals surface area contributed by atoms with Crippen LogP contribution in [0.25, 0.3) is 0 Å². The highest BCUT2D eigenvalue weighted by atomic mass is 16.5. The van der Waals surface area contributed by atoms with Crippen LogP contribution < -0.4 is 15.4 Å². The van der Waals surface area contributed by atoms with Gasteiger partial charge in [-0.3, -0.25) is 0 Å². The molecule has 1 aliphatic rings. The molecule has 2 aromatic carbocycles. The van der Waals surface area contributed by atoms with Crippen molar-refractivity contribution in [3.05, 3.63) is 67.0 Å². The molecule has 0 bridgehead atoms. The summed E-state index contributed by atoms with van der Waals surface area (Å²) in [6, 6.07) is 19.6. The Morgan fingerprint density at radius 2 is 1.76 bits per heavy atom. The molecule has 29 heavy (non-hydrogen) atoms. The van der Waals surface area contributed by atoms with Gasteiger partial charge in [-0.1, -0.05) is 18.2 Å². The van der Waals surface area contributed by atoms with E-state index in [4.69, 9.17) is 4.74 Å². The van der Waals surface area contributed by atoms with Crippen LogP contribution in [0.15, 0.2) is 67.0 Å². The highest BCUT2D eigenvalue weighted by molar-refractivity contribution is 6.45. The molecule has 7 nitrogen and oxygen atoms in total. The van der Waals surface area contributed by atoms with Crippen LogP contribution in [0, 0.1) is 0 Å². The Labute approximate surface area is 170 Å². The zero-order chi connectivity index (χ0) is 20.1. The second-order valence-electron chi connectivity index (χ2n) is 7.11. The standard InChI is InChI=1S/C21H24BN5O2/c1-22(28)27-12-11-17(14-27)26-21-13-20(23-15-24-21)25-16-7-9-19(10-8-16)29-18-5-3-2-4-6-18/h2-10,13,15,17,28H,11-12,14H2,1H3,(H2,23,24,25,26). The van der Waals surface area contributed by atoms with Crippen molar-refractivity contribution < 1.29 is 9.76 Å². The number of anilines is 3. The zero-order valence-electron chi connectivity index (χ0n) is 16.3. The molecule has 0 saturated carbocycles. The van der Waals surface area contributed by atoms with Crippen LogP contribution in [0.4, 0.5) is 17.3 Å². The van der Waals surface area contributed by atoms with E-state index in [-0.39, 0.29) is 6.04 Å². The Hall–Kier alpha value is -3.10. The molecule has 0 amide bonds. The van der Waals surface area contributed by atoms with Gasteiger partial charge in [0.05, 0.1) is 0 Å². The topological polar surface area (TPSA) is 82.5 Å². The fourth-order valence-electron chi connectivity index (χ4n) is 3.34. The SMILES string of the molecule is CB(O)N1CCC(Nc2cc(Nc3ccc(Oc4ccccc4)cc3)ncn2)C1. The average molecular weight is 389 g/mol. The lowest BCUT2D eigenvalue weighted by Gasteiger charge is -2.17. The van der Waals surface area contributed by atoms with Crippen molar-refractivity contribution in [1.82, 2.24) is 14.8 Å². The second kappa shape index (κ2) is 8.94. The minimum Gasteiger partial charge on any atom is -0.457 e. The number of ether oxygens (including phenoxy) is 1. The number of aromatic nitrogens is 2. The average Bonchev–Trinajstić information content (AvgIpc) is 3.19. The van der Waals surface area contributed by atoms with Crippen LogP contribution in [0.3, 0.4) is 0 Å². The molecule has 1 fully saturated rings. The predicted molar refractivity (Wildman–Crippen MR) is 116 cm³/mol. The normalized spacial score (nSPS) is 16.4. The van der Waals surface area contributed by atoms with E-state index in [1.807, 2.05) is 65.5 Å².